The summed E-state index contributed by atoms with van der Waals surface area (Å²) >= 11 is 6.16. The first-order valence-corrected chi connectivity index (χ1v) is 7.24. The van der Waals surface area contributed by atoms with Gasteiger partial charge in [0.1, 0.15) is 5.82 Å². The summed E-state index contributed by atoms with van der Waals surface area (Å²) in [5.74, 6) is 1.54. The number of halogens is 1. The lowest BCUT2D eigenvalue weighted by molar-refractivity contribution is 0.649. The first-order chi connectivity index (χ1) is 9.65. The molecule has 0 aliphatic carbocycles. The Bertz CT molecular complexity index is 729. The molecule has 0 spiro atoms. The maximum Gasteiger partial charge on any atom is 0.137 e. The van der Waals surface area contributed by atoms with Crippen molar-refractivity contribution in [3.8, 4) is 5.82 Å². The molecular weight excluding hydrogens is 268 g/mol. The Balaban J connectivity index is 2.23. The monoisotopic (exact) mass is 284 g/mol. The number of benzene rings is 1. The van der Waals surface area contributed by atoms with E-state index in [1.807, 2.05) is 36.5 Å². The number of rotatable bonds is 3. The Hall–Kier alpha value is -1.80. The van der Waals surface area contributed by atoms with Crippen LogP contribution in [-0.2, 0) is 6.42 Å². The van der Waals surface area contributed by atoms with Crippen LogP contribution in [-0.4, -0.2) is 9.55 Å². The fraction of sp³-hybridized carbons (Fsp3) is 0.235. The van der Waals surface area contributed by atoms with Gasteiger partial charge in [0.2, 0.25) is 0 Å². The van der Waals surface area contributed by atoms with E-state index in [0.29, 0.717) is 5.92 Å². The first kappa shape index (κ1) is 13.2. The fourth-order valence-electron chi connectivity index (χ4n) is 2.56. The highest BCUT2D eigenvalue weighted by Gasteiger charge is 2.12. The van der Waals surface area contributed by atoms with Crippen LogP contribution in [0.15, 0.2) is 48.8 Å². The number of hydrogen-bond acceptors (Lipinski definition) is 1. The molecule has 0 saturated carbocycles. The van der Waals surface area contributed by atoms with E-state index >= 15 is 0 Å². The molecule has 0 N–H and O–H groups in total. The largest absolute Gasteiger partial charge is 0.301 e. The minimum absolute atomic E-state index is 0.619. The Morgan fingerprint density at radius 2 is 2.05 bits per heavy atom. The minimum Gasteiger partial charge on any atom is -0.301 e. The number of pyridine rings is 1. The molecule has 2 aromatic heterocycles. The lowest BCUT2D eigenvalue weighted by atomic mass is 10.0. The van der Waals surface area contributed by atoms with Crippen LogP contribution in [0, 0.1) is 5.92 Å². The maximum absolute atomic E-state index is 6.16. The van der Waals surface area contributed by atoms with Gasteiger partial charge in [-0.3, -0.25) is 0 Å². The molecule has 20 heavy (non-hydrogen) atoms. The maximum atomic E-state index is 6.16. The van der Waals surface area contributed by atoms with Gasteiger partial charge >= 0.3 is 0 Å². The molecule has 0 aliphatic heterocycles. The molecule has 3 rings (SSSR count). The highest BCUT2D eigenvalue weighted by atomic mass is 35.5. The molecule has 1 aromatic carbocycles. The van der Waals surface area contributed by atoms with Crippen molar-refractivity contribution in [1.29, 1.82) is 0 Å². The zero-order valence-electron chi connectivity index (χ0n) is 11.7. The molecule has 0 saturated heterocycles. The molecule has 102 valence electrons. The first-order valence-electron chi connectivity index (χ1n) is 6.86. The number of fused-ring (bicyclic) bond motifs is 1. The molecule has 2 nitrogen and oxygen atoms in total. The molecule has 3 heteroatoms. The molecule has 0 atom stereocenters. The average molecular weight is 285 g/mol. The Labute approximate surface area is 124 Å². The lowest BCUT2D eigenvalue weighted by Crippen LogP contribution is -1.95. The van der Waals surface area contributed by atoms with Crippen LogP contribution in [0.2, 0.25) is 5.02 Å². The predicted molar refractivity (Wildman–Crippen MR) is 84.6 cm³/mol. The van der Waals surface area contributed by atoms with Gasteiger partial charge in [0.05, 0.1) is 5.52 Å². The van der Waals surface area contributed by atoms with Crippen molar-refractivity contribution in [2.45, 2.75) is 20.3 Å². The minimum atomic E-state index is 0.619. The highest BCUT2D eigenvalue weighted by molar-refractivity contribution is 6.31. The van der Waals surface area contributed by atoms with E-state index in [4.69, 9.17) is 11.6 Å². The van der Waals surface area contributed by atoms with Gasteiger partial charge in [-0.15, -0.1) is 0 Å². The summed E-state index contributed by atoms with van der Waals surface area (Å²) in [6.45, 7) is 4.47. The number of hydrogen-bond donors (Lipinski definition) is 0. The zero-order chi connectivity index (χ0) is 14.1. The van der Waals surface area contributed by atoms with Crippen molar-refractivity contribution in [3.63, 3.8) is 0 Å². The second-order valence-electron chi connectivity index (χ2n) is 5.47. The molecule has 0 fully saturated rings. The quantitative estimate of drug-likeness (QED) is 0.670. The molecular formula is C17H17ClN2. The van der Waals surface area contributed by atoms with Crippen LogP contribution in [0.25, 0.3) is 16.7 Å². The molecule has 3 aromatic rings. The van der Waals surface area contributed by atoms with Crippen LogP contribution in [0.4, 0.5) is 0 Å². The van der Waals surface area contributed by atoms with Gasteiger partial charge in [-0.1, -0.05) is 37.6 Å². The van der Waals surface area contributed by atoms with Crippen molar-refractivity contribution >= 4 is 22.5 Å². The van der Waals surface area contributed by atoms with Gasteiger partial charge in [-0.05, 0) is 42.2 Å². The third-order valence-electron chi connectivity index (χ3n) is 3.37. The molecule has 0 amide bonds. The zero-order valence-corrected chi connectivity index (χ0v) is 12.4. The average Bonchev–Trinajstić information content (AvgIpc) is 2.77. The number of nitrogens with zero attached hydrogens (tertiary/aromatic N) is 2. The van der Waals surface area contributed by atoms with E-state index < -0.39 is 0 Å². The molecule has 0 aliphatic rings. The van der Waals surface area contributed by atoms with Gasteiger partial charge in [0.15, 0.2) is 0 Å². The Morgan fingerprint density at radius 3 is 2.75 bits per heavy atom. The molecule has 2 heterocycles. The Kier molecular flexibility index (Phi) is 3.49. The highest BCUT2D eigenvalue weighted by Crippen LogP contribution is 2.28. The summed E-state index contributed by atoms with van der Waals surface area (Å²) in [6, 6.07) is 12.0. The van der Waals surface area contributed by atoms with Gasteiger partial charge in [0, 0.05) is 22.8 Å². The summed E-state index contributed by atoms with van der Waals surface area (Å²) in [5.41, 5.74) is 2.46. The molecule has 0 radical (unpaired) electrons. The van der Waals surface area contributed by atoms with Crippen LogP contribution >= 0.6 is 11.6 Å². The van der Waals surface area contributed by atoms with E-state index in [1.165, 1.54) is 10.9 Å². The topological polar surface area (TPSA) is 17.8 Å². The van der Waals surface area contributed by atoms with Gasteiger partial charge in [-0.2, -0.15) is 0 Å². The summed E-state index contributed by atoms with van der Waals surface area (Å²) < 4.78 is 2.12. The molecule has 0 bridgehead atoms. The second-order valence-corrected chi connectivity index (χ2v) is 5.91. The summed E-state index contributed by atoms with van der Waals surface area (Å²) in [5, 5.41) is 2.01. The normalized spacial score (nSPS) is 11.4. The second kappa shape index (κ2) is 5.29. The van der Waals surface area contributed by atoms with E-state index in [-0.39, 0.29) is 0 Å². The van der Waals surface area contributed by atoms with Gasteiger partial charge < -0.3 is 4.57 Å². The van der Waals surface area contributed by atoms with E-state index in [1.54, 1.807) is 0 Å². The van der Waals surface area contributed by atoms with Crippen LogP contribution in [0.1, 0.15) is 19.4 Å². The predicted octanol–water partition coefficient (Wildman–Crippen LogP) is 4.88. The van der Waals surface area contributed by atoms with Crippen LogP contribution < -0.4 is 0 Å². The van der Waals surface area contributed by atoms with E-state index in [2.05, 4.69) is 35.7 Å². The molecule has 0 unspecified atom stereocenters. The standard InChI is InChI=1S/C17H17ClN2/c1-12(2)9-13-11-20(17-5-3-4-8-19-17)16-10-14(18)6-7-15(13)16/h3-8,10-12H,9H2,1-2H3. The van der Waals surface area contributed by atoms with Crippen molar-refractivity contribution in [3.05, 3.63) is 59.4 Å². The lowest BCUT2D eigenvalue weighted by Gasteiger charge is -2.03. The van der Waals surface area contributed by atoms with Crippen LogP contribution in [0.5, 0.6) is 0 Å². The third kappa shape index (κ3) is 2.44. The van der Waals surface area contributed by atoms with Crippen LogP contribution in [0.3, 0.4) is 0 Å². The smallest absolute Gasteiger partial charge is 0.137 e. The fourth-order valence-corrected chi connectivity index (χ4v) is 2.73. The van der Waals surface area contributed by atoms with Crippen molar-refractivity contribution in [1.82, 2.24) is 9.55 Å². The van der Waals surface area contributed by atoms with E-state index in [0.717, 1.165) is 22.8 Å². The van der Waals surface area contributed by atoms with Crippen molar-refractivity contribution in [2.75, 3.05) is 0 Å². The SMILES string of the molecule is CC(C)Cc1cn(-c2ccccn2)c2cc(Cl)ccc12. The summed E-state index contributed by atoms with van der Waals surface area (Å²) in [4.78, 5) is 4.44. The Morgan fingerprint density at radius 1 is 1.20 bits per heavy atom. The van der Waals surface area contributed by atoms with Gasteiger partial charge in [0.25, 0.3) is 0 Å². The van der Waals surface area contributed by atoms with Crippen molar-refractivity contribution in [2.24, 2.45) is 5.92 Å². The van der Waals surface area contributed by atoms with Gasteiger partial charge in [-0.25, -0.2) is 4.98 Å². The van der Waals surface area contributed by atoms with E-state index in [9.17, 15) is 0 Å². The summed E-state index contributed by atoms with van der Waals surface area (Å²) in [7, 11) is 0. The third-order valence-corrected chi connectivity index (χ3v) is 3.61. The number of aromatic nitrogens is 2. The van der Waals surface area contributed by atoms with Crippen molar-refractivity contribution < 1.29 is 0 Å². The summed E-state index contributed by atoms with van der Waals surface area (Å²) in [6.07, 6.45) is 5.05.